The van der Waals surface area contributed by atoms with E-state index < -0.39 is 17.9 Å². The monoisotopic (exact) mass is 450 g/mol. The lowest BCUT2D eigenvalue weighted by Gasteiger charge is -2.31. The SMILES string of the molecule is CCC1CCC(CCC2CCC(/C=C/C#Cc3ccc(OC(F)(F)F)c(F)c3)CC2)CC1. The van der Waals surface area contributed by atoms with Gasteiger partial charge >= 0.3 is 6.36 Å². The number of hydrogen-bond donors (Lipinski definition) is 0. The number of ether oxygens (including phenoxy) is 1. The van der Waals surface area contributed by atoms with Crippen LogP contribution in [0.3, 0.4) is 0 Å². The van der Waals surface area contributed by atoms with Gasteiger partial charge in [-0.1, -0.05) is 69.8 Å². The zero-order valence-corrected chi connectivity index (χ0v) is 18.9. The van der Waals surface area contributed by atoms with Gasteiger partial charge in [-0.2, -0.15) is 0 Å². The van der Waals surface area contributed by atoms with Crippen molar-refractivity contribution in [2.75, 3.05) is 0 Å². The van der Waals surface area contributed by atoms with Crippen LogP contribution in [0.2, 0.25) is 0 Å². The number of allylic oxidation sites excluding steroid dienone is 2. The summed E-state index contributed by atoms with van der Waals surface area (Å²) in [5, 5.41) is 0. The first-order valence-electron chi connectivity index (χ1n) is 12.1. The number of alkyl halides is 3. The van der Waals surface area contributed by atoms with Crippen molar-refractivity contribution in [2.45, 2.75) is 83.9 Å². The minimum atomic E-state index is -4.91. The van der Waals surface area contributed by atoms with Gasteiger partial charge in [0.2, 0.25) is 0 Å². The number of rotatable bonds is 6. The van der Waals surface area contributed by atoms with Crippen LogP contribution in [0.15, 0.2) is 30.4 Å². The summed E-state index contributed by atoms with van der Waals surface area (Å²) in [4.78, 5) is 0. The van der Waals surface area contributed by atoms with E-state index in [1.54, 1.807) is 6.08 Å². The zero-order chi connectivity index (χ0) is 23.0. The minimum absolute atomic E-state index is 0.318. The summed E-state index contributed by atoms with van der Waals surface area (Å²) in [6.07, 6.45) is 13.7. The molecule has 2 aliphatic rings. The summed E-state index contributed by atoms with van der Waals surface area (Å²) in [6, 6.07) is 3.24. The number of hydrogen-bond acceptors (Lipinski definition) is 1. The van der Waals surface area contributed by atoms with Crippen molar-refractivity contribution >= 4 is 0 Å². The molecule has 0 saturated heterocycles. The van der Waals surface area contributed by atoms with Gasteiger partial charge in [-0.15, -0.1) is 13.2 Å². The second-order valence-electron chi connectivity index (χ2n) is 9.47. The predicted molar refractivity (Wildman–Crippen MR) is 120 cm³/mol. The molecule has 0 radical (unpaired) electrons. The van der Waals surface area contributed by atoms with Gasteiger partial charge in [0.25, 0.3) is 0 Å². The molecule has 3 rings (SSSR count). The maximum atomic E-state index is 13.7. The van der Waals surface area contributed by atoms with Crippen molar-refractivity contribution in [1.82, 2.24) is 0 Å². The van der Waals surface area contributed by atoms with Crippen LogP contribution in [0.1, 0.15) is 83.1 Å². The Morgan fingerprint density at radius 1 is 0.938 bits per heavy atom. The van der Waals surface area contributed by atoms with E-state index in [0.717, 1.165) is 29.9 Å². The van der Waals surface area contributed by atoms with E-state index in [2.05, 4.69) is 29.6 Å². The van der Waals surface area contributed by atoms with Crippen LogP contribution in [-0.4, -0.2) is 6.36 Å². The Morgan fingerprint density at radius 2 is 1.53 bits per heavy atom. The summed E-state index contributed by atoms with van der Waals surface area (Å²) >= 11 is 0. The third-order valence-electron chi connectivity index (χ3n) is 7.24. The van der Waals surface area contributed by atoms with E-state index in [1.807, 2.05) is 0 Å². The standard InChI is InChI=1S/C27H34F4O/c1-2-20-7-9-22(10-8-20)15-16-23-13-11-21(12-14-23)5-3-4-6-24-17-18-26(25(28)19-24)32-27(29,30)31/h3,5,17-23H,2,7-16H2,1H3/b5-3+. The second-order valence-corrected chi connectivity index (χ2v) is 9.47. The summed E-state index contributed by atoms with van der Waals surface area (Å²) in [5.74, 6) is 7.03. The molecule has 2 saturated carbocycles. The van der Waals surface area contributed by atoms with Crippen molar-refractivity contribution in [1.29, 1.82) is 0 Å². The smallest absolute Gasteiger partial charge is 0.403 e. The van der Waals surface area contributed by atoms with E-state index in [4.69, 9.17) is 0 Å². The summed E-state index contributed by atoms with van der Waals surface area (Å²) in [7, 11) is 0. The van der Waals surface area contributed by atoms with Crippen LogP contribution in [0.25, 0.3) is 0 Å². The third kappa shape index (κ3) is 8.19. The van der Waals surface area contributed by atoms with Gasteiger partial charge in [0.05, 0.1) is 0 Å². The van der Waals surface area contributed by atoms with Gasteiger partial charge in [0.1, 0.15) is 0 Å². The van der Waals surface area contributed by atoms with Crippen LogP contribution in [0.5, 0.6) is 5.75 Å². The molecule has 1 aromatic rings. The molecule has 1 aromatic carbocycles. The first-order chi connectivity index (χ1) is 15.3. The molecule has 176 valence electrons. The zero-order valence-electron chi connectivity index (χ0n) is 18.9. The topological polar surface area (TPSA) is 9.23 Å². The van der Waals surface area contributed by atoms with Gasteiger partial charge in [0, 0.05) is 5.56 Å². The Balaban J connectivity index is 1.37. The molecule has 0 atom stereocenters. The van der Waals surface area contributed by atoms with Gasteiger partial charge in [-0.3, -0.25) is 0 Å². The van der Waals surface area contributed by atoms with Crippen molar-refractivity contribution in [2.24, 2.45) is 23.7 Å². The van der Waals surface area contributed by atoms with Crippen LogP contribution >= 0.6 is 0 Å². The molecule has 0 aliphatic heterocycles. The molecule has 0 amide bonds. The largest absolute Gasteiger partial charge is 0.573 e. The highest BCUT2D eigenvalue weighted by molar-refractivity contribution is 5.41. The fraction of sp³-hybridized carbons (Fsp3) is 0.630. The highest BCUT2D eigenvalue weighted by Crippen LogP contribution is 2.37. The molecule has 0 heterocycles. The van der Waals surface area contributed by atoms with E-state index in [-0.39, 0.29) is 0 Å². The third-order valence-corrected chi connectivity index (χ3v) is 7.24. The number of halogens is 4. The molecule has 0 aromatic heterocycles. The Bertz CT molecular complexity index is 801. The van der Waals surface area contributed by atoms with Gasteiger partial charge in [-0.25, -0.2) is 4.39 Å². The summed E-state index contributed by atoms with van der Waals surface area (Å²) in [6.45, 7) is 2.32. The van der Waals surface area contributed by atoms with E-state index in [1.165, 1.54) is 76.7 Å². The molecule has 1 nitrogen and oxygen atoms in total. The summed E-state index contributed by atoms with van der Waals surface area (Å²) in [5.41, 5.74) is 0.318. The lowest BCUT2D eigenvalue weighted by molar-refractivity contribution is -0.275. The van der Waals surface area contributed by atoms with E-state index in [0.29, 0.717) is 11.5 Å². The normalized spacial score (nSPS) is 26.5. The maximum absolute atomic E-state index is 13.7. The Hall–Kier alpha value is -1.96. The highest BCUT2D eigenvalue weighted by atomic mass is 19.4. The fourth-order valence-corrected chi connectivity index (χ4v) is 5.16. The molecular formula is C27H34F4O. The molecule has 0 bridgehead atoms. The van der Waals surface area contributed by atoms with Crippen molar-refractivity contribution < 1.29 is 22.3 Å². The quantitative estimate of drug-likeness (QED) is 0.312. The van der Waals surface area contributed by atoms with E-state index >= 15 is 0 Å². The first kappa shape index (κ1) is 24.7. The molecule has 0 unspecified atom stereocenters. The molecule has 0 spiro atoms. The fourth-order valence-electron chi connectivity index (χ4n) is 5.16. The van der Waals surface area contributed by atoms with Gasteiger partial charge < -0.3 is 4.74 Å². The molecule has 2 fully saturated rings. The summed E-state index contributed by atoms with van der Waals surface area (Å²) < 4.78 is 53.9. The number of benzene rings is 1. The van der Waals surface area contributed by atoms with Crippen molar-refractivity contribution in [3.8, 4) is 17.6 Å². The Labute approximate surface area is 189 Å². The average Bonchev–Trinajstić information content (AvgIpc) is 2.77. The van der Waals surface area contributed by atoms with Gasteiger partial charge in [0.15, 0.2) is 11.6 Å². The molecule has 32 heavy (non-hydrogen) atoms. The van der Waals surface area contributed by atoms with Crippen molar-refractivity contribution in [3.05, 3.63) is 41.7 Å². The highest BCUT2D eigenvalue weighted by Gasteiger charge is 2.32. The first-order valence-corrected chi connectivity index (χ1v) is 12.1. The minimum Gasteiger partial charge on any atom is -0.403 e. The molecule has 2 aliphatic carbocycles. The van der Waals surface area contributed by atoms with Crippen LogP contribution in [0, 0.1) is 41.3 Å². The predicted octanol–water partition coefficient (Wildman–Crippen LogP) is 8.44. The van der Waals surface area contributed by atoms with Crippen LogP contribution in [0.4, 0.5) is 17.6 Å². The lowest BCUT2D eigenvalue weighted by atomic mass is 9.75. The molecular weight excluding hydrogens is 416 g/mol. The lowest BCUT2D eigenvalue weighted by Crippen LogP contribution is -2.17. The van der Waals surface area contributed by atoms with Crippen LogP contribution in [-0.2, 0) is 0 Å². The average molecular weight is 451 g/mol. The van der Waals surface area contributed by atoms with E-state index in [9.17, 15) is 17.6 Å². The van der Waals surface area contributed by atoms with Crippen molar-refractivity contribution in [3.63, 3.8) is 0 Å². The molecule has 0 N–H and O–H groups in total. The second kappa shape index (κ2) is 11.8. The maximum Gasteiger partial charge on any atom is 0.573 e. The van der Waals surface area contributed by atoms with Crippen LogP contribution < -0.4 is 4.74 Å². The van der Waals surface area contributed by atoms with Gasteiger partial charge in [-0.05, 0) is 73.6 Å². The Kier molecular flexibility index (Phi) is 9.08. The molecule has 5 heteroatoms. The Morgan fingerprint density at radius 3 is 2.09 bits per heavy atom.